The number of amides is 1. The molecule has 39 nitrogen and oxygen atoms in total. The number of nitrogens with zero attached hydrogens (tertiary/aromatic N) is 24. The Bertz CT molecular complexity index is 7050. The van der Waals surface area contributed by atoms with Gasteiger partial charge < -0.3 is 67.0 Å². The van der Waals surface area contributed by atoms with E-state index in [4.69, 9.17) is 133 Å². The summed E-state index contributed by atoms with van der Waals surface area (Å²) < 4.78 is 198. The summed E-state index contributed by atoms with van der Waals surface area (Å²) in [6.07, 6.45) is -11.6. The maximum atomic E-state index is 14.3. The number of ether oxygens (including phenoxy) is 6. The monoisotopic (exact) mass is 2130 g/mol. The summed E-state index contributed by atoms with van der Waals surface area (Å²) in [5, 5.41) is 42.9. The van der Waals surface area contributed by atoms with Gasteiger partial charge >= 0.3 is 24.7 Å². The van der Waals surface area contributed by atoms with Crippen molar-refractivity contribution in [1.82, 2.24) is 124 Å². The number of nitrogens with two attached hydrogens (primary N) is 4. The minimum Gasteiger partial charge on any atom is -0.494 e. The number of aromatic amines is 1. The highest BCUT2D eigenvalue weighted by atomic mass is 35.5. The van der Waals surface area contributed by atoms with Gasteiger partial charge in [0.1, 0.15) is 73.0 Å². The van der Waals surface area contributed by atoms with E-state index < -0.39 is 66.7 Å². The Morgan fingerprint density at radius 3 is 1.23 bits per heavy atom. The Balaban J connectivity index is 0.000000141. The number of halogens is 19. The van der Waals surface area contributed by atoms with E-state index >= 15 is 0 Å². The van der Waals surface area contributed by atoms with E-state index in [1.54, 1.807) is 76.8 Å². The second kappa shape index (κ2) is 44.3. The first-order chi connectivity index (χ1) is 67.4. The van der Waals surface area contributed by atoms with Crippen LogP contribution in [0.1, 0.15) is 131 Å². The summed E-state index contributed by atoms with van der Waals surface area (Å²) in [6, 6.07) is 22.7. The standard InChI is InChI=1S/C26H27F3N8O3.C21H20ClF3N8O2.C12H10Cl2F3N3O.C9H11N5O.C7H2Cl2F3N3.C5H5Cl2N3.C4H7NO/c1-36-34-23(33-35-36)16-6-5-7-17(22(16)39-2)31-18-12-15(13-19(38)14-9-10-14)30-24-21(18)32-25(26(27,28)29)37(24)20-8-3-4-11-40-20;1-32-30-18(29-31-32)11-6-5-7-12(17(11)34-2)26-13-10-14(22)27-19-16(13)28-20(21(23,24)25)33(19)15-8-3-4-9-35-15;13-6-5-7(14)18-10-9(6)19-11(12(15,16)17)20(10)8-3-1-2-4-21-8;1-14-12-9(11-13-14)6-4-3-5-7(10)8(6)15-2;8-2-1-3(9)13-5-4(2)14-6(15-5)7(10,11)12;6-2-1-3(7)10-5(9)4(2)8;5-4(6)3-1-2-3/h5-7,12,14,20H,3-4,8-11,13H2,1-2H3,(H,30,31);5-7,10,15H,3-4,8-9H2,1-2H3,(H,26,27);5,8H,1-4H2;3-5H,10H2,1-2H3;1H,(H,13,14,15);1H,8H2,(H2,9,10);3H,1-2H2,(H2,5,6). The van der Waals surface area contributed by atoms with Crippen LogP contribution in [0.2, 0.25) is 35.7 Å². The van der Waals surface area contributed by atoms with Crippen LogP contribution in [0.5, 0.6) is 17.2 Å². The Labute approximate surface area is 829 Å². The number of nitrogen functional groups attached to an aromatic ring is 3. The van der Waals surface area contributed by atoms with E-state index in [1.165, 1.54) is 52.9 Å². The number of nitrogens with one attached hydrogen (secondary N) is 3. The van der Waals surface area contributed by atoms with E-state index in [2.05, 4.69) is 102 Å². The van der Waals surface area contributed by atoms with Gasteiger partial charge in [0.25, 0.3) is 0 Å². The lowest BCUT2D eigenvalue weighted by Crippen LogP contribution is -2.24. The lowest BCUT2D eigenvalue weighted by Gasteiger charge is -2.26. The van der Waals surface area contributed by atoms with Crippen molar-refractivity contribution >= 4 is 177 Å². The number of methoxy groups -OCH3 is 3. The van der Waals surface area contributed by atoms with Gasteiger partial charge in [-0.25, -0.2) is 44.9 Å². The molecule has 20 rings (SSSR count). The van der Waals surface area contributed by atoms with Crippen LogP contribution in [0.25, 0.3) is 78.8 Å². The van der Waals surface area contributed by atoms with Crippen molar-refractivity contribution in [2.24, 2.45) is 38.7 Å². The fourth-order valence-electron chi connectivity index (χ4n) is 14.8. The van der Waals surface area contributed by atoms with Gasteiger partial charge in [-0.15, -0.1) is 30.6 Å². The quantitative estimate of drug-likeness (QED) is 0.0253. The third-order valence-corrected chi connectivity index (χ3v) is 23.2. The van der Waals surface area contributed by atoms with Gasteiger partial charge in [0.15, 0.2) is 39.8 Å². The molecule has 3 saturated heterocycles. The van der Waals surface area contributed by atoms with Gasteiger partial charge in [-0.1, -0.05) is 99.4 Å². The molecule has 754 valence electrons. The van der Waals surface area contributed by atoms with Crippen molar-refractivity contribution < 1.29 is 90.7 Å². The average Bonchev–Trinajstić information content (AvgIpc) is 1.59. The second-order valence-electron chi connectivity index (χ2n) is 31.8. The van der Waals surface area contributed by atoms with Gasteiger partial charge in [-0.05, 0) is 160 Å². The summed E-state index contributed by atoms with van der Waals surface area (Å²) in [6.45, 7) is 1.09. The summed E-state index contributed by atoms with van der Waals surface area (Å²) in [7, 11) is 9.46. The zero-order valence-electron chi connectivity index (χ0n) is 75.0. The van der Waals surface area contributed by atoms with Crippen LogP contribution in [0.4, 0.5) is 92.6 Å². The summed E-state index contributed by atoms with van der Waals surface area (Å²) >= 11 is 40.2. The fraction of sp³-hybridized carbons (Fsp3) is 0.381. The van der Waals surface area contributed by atoms with Crippen LogP contribution in [0.15, 0.2) is 84.9 Å². The number of rotatable bonds is 17. The Morgan fingerprint density at radius 2 is 0.838 bits per heavy atom. The molecule has 12 aromatic heterocycles. The first-order valence-corrected chi connectivity index (χ1v) is 45.3. The molecule has 0 radical (unpaired) electrons. The molecule has 2 aliphatic carbocycles. The highest BCUT2D eigenvalue weighted by Gasteiger charge is 2.45. The van der Waals surface area contributed by atoms with Crippen LogP contribution in [-0.2, 0) is 76.1 Å². The number of aryl methyl sites for hydroxylation is 3. The lowest BCUT2D eigenvalue weighted by atomic mass is 10.1. The lowest BCUT2D eigenvalue weighted by molar-refractivity contribution is -0.154. The first kappa shape index (κ1) is 105. The molecule has 15 heterocycles. The van der Waals surface area contributed by atoms with Gasteiger partial charge in [-0.3, -0.25) is 23.3 Å². The number of primary amides is 1. The average molecular weight is 2130 g/mol. The number of ketones is 1. The molecule has 58 heteroatoms. The van der Waals surface area contributed by atoms with Crippen molar-refractivity contribution in [3.8, 4) is 51.4 Å². The van der Waals surface area contributed by atoms with Gasteiger partial charge in [-0.2, -0.15) is 67.1 Å². The summed E-state index contributed by atoms with van der Waals surface area (Å²) in [5.74, 6) is -1.69. The molecule has 3 atom stereocenters. The van der Waals surface area contributed by atoms with E-state index in [0.717, 1.165) is 77.1 Å². The minimum absolute atomic E-state index is 0.000910. The Kier molecular flexibility index (Phi) is 32.7. The van der Waals surface area contributed by atoms with E-state index in [9.17, 15) is 62.3 Å². The molecule has 5 fully saturated rings. The molecule has 1 amide bonds. The number of hydrogen-bond donors (Lipinski definition) is 7. The van der Waals surface area contributed by atoms with Crippen molar-refractivity contribution in [1.29, 1.82) is 0 Å². The third-order valence-electron chi connectivity index (χ3n) is 21.5. The molecule has 3 unspecified atom stereocenters. The molecule has 0 bridgehead atoms. The number of H-pyrrole nitrogens is 1. The number of tetrazole rings is 3. The van der Waals surface area contributed by atoms with Gasteiger partial charge in [0.05, 0.1) is 114 Å². The number of Topliss-reactive ketones (excluding diaryl/α,β-unsaturated/α-hetero) is 1. The largest absolute Gasteiger partial charge is 0.494 e. The number of benzene rings is 3. The predicted octanol–water partition coefficient (Wildman–Crippen LogP) is 19.0. The predicted molar refractivity (Wildman–Crippen MR) is 498 cm³/mol. The van der Waals surface area contributed by atoms with Crippen molar-refractivity contribution in [3.63, 3.8) is 0 Å². The van der Waals surface area contributed by atoms with Crippen LogP contribution in [0.3, 0.4) is 0 Å². The van der Waals surface area contributed by atoms with Crippen molar-refractivity contribution in [2.45, 2.75) is 133 Å². The molecule has 3 aliphatic heterocycles. The number of alkyl halides is 12. The molecular weight excluding hydrogens is 2050 g/mol. The number of carbonyl (C=O) groups excluding carboxylic acids is 2. The van der Waals surface area contributed by atoms with Crippen molar-refractivity contribution in [2.75, 3.05) is 69.0 Å². The highest BCUT2D eigenvalue weighted by Crippen LogP contribution is 2.47. The van der Waals surface area contributed by atoms with Crippen LogP contribution in [-0.4, -0.2) is 177 Å². The van der Waals surface area contributed by atoms with Crippen LogP contribution < -0.4 is 47.8 Å². The molecule has 5 aliphatic rings. The number of carbonyl (C=O) groups is 2. The molecule has 0 spiro atoms. The molecule has 142 heavy (non-hydrogen) atoms. The highest BCUT2D eigenvalue weighted by molar-refractivity contribution is 6.38. The normalized spacial score (nSPS) is 16.0. The number of imidazole rings is 4. The molecular formula is C84H82Cl7F12N31O8. The number of fused-ring (bicyclic) bond motifs is 4. The maximum Gasteiger partial charge on any atom is 0.449 e. The van der Waals surface area contributed by atoms with Crippen molar-refractivity contribution in [3.05, 3.63) is 150 Å². The Hall–Kier alpha value is -12.9. The SMILES string of the molecule is COc1c(N)cccc1-c1nnn(C)n1.COc1c(Nc2cc(CC(=O)C3CC3)nc3c2nc(C(F)(F)F)n3C2CCCCO2)cccc1-c1nnn(C)n1.COc1c(Nc2cc(Cl)nc3c2nc(C(F)(F)F)n3C2CCCCO2)cccc1-c1nnn(C)n1.FC(F)(F)c1nc2c(Cl)cc(Cl)nc2n1C1CCCCO1.FC(F)(F)c1nc2nc(Cl)cc(Cl)c2[nH]1.NC(=O)C1CC1.Nc1nc(Cl)cc(Cl)c1N. The first-order valence-electron chi connectivity index (χ1n) is 42.7. The number of pyridine rings is 5. The maximum absolute atomic E-state index is 14.3. The molecule has 2 saturated carbocycles. The molecule has 11 N–H and O–H groups in total. The number of hydrogen-bond acceptors (Lipinski definition) is 31. The van der Waals surface area contributed by atoms with Crippen LogP contribution in [0, 0.1) is 11.8 Å². The smallest absolute Gasteiger partial charge is 0.449 e. The summed E-state index contributed by atoms with van der Waals surface area (Å²) in [4.78, 5) is 63.5. The van der Waals surface area contributed by atoms with E-state index in [1.807, 2.05) is 17.1 Å². The van der Waals surface area contributed by atoms with Crippen LogP contribution >= 0.6 is 81.2 Å². The minimum atomic E-state index is -4.75. The second-order valence-corrected chi connectivity index (χ2v) is 34.5. The topological polar surface area (TPSA) is 495 Å². The number of anilines is 7. The number of aromatic nitrogens is 25. The third kappa shape index (κ3) is 25.0. The van der Waals surface area contributed by atoms with Gasteiger partial charge in [0, 0.05) is 44.1 Å². The zero-order chi connectivity index (χ0) is 102. The zero-order valence-corrected chi connectivity index (χ0v) is 80.3. The van der Waals surface area contributed by atoms with E-state index in [-0.39, 0.29) is 128 Å². The Morgan fingerprint density at radius 1 is 0.444 bits per heavy atom. The molecule has 15 aromatic rings. The van der Waals surface area contributed by atoms with Gasteiger partial charge in [0.2, 0.25) is 46.7 Å². The fourth-order valence-corrected chi connectivity index (χ4v) is 16.4. The summed E-state index contributed by atoms with van der Waals surface area (Å²) in [5.41, 5.74) is 25.5. The van der Waals surface area contributed by atoms with E-state index in [0.29, 0.717) is 119 Å². The number of para-hydroxylation sites is 3. The molecule has 3 aromatic carbocycles.